The van der Waals surface area contributed by atoms with Crippen molar-refractivity contribution in [2.45, 2.75) is 66.2 Å². The quantitative estimate of drug-likeness (QED) is 0.682. The van der Waals surface area contributed by atoms with Gasteiger partial charge in [0.05, 0.1) is 17.8 Å². The number of amides is 1. The molecule has 5 heteroatoms. The Balaban J connectivity index is 1.73. The molecule has 0 saturated carbocycles. The number of aromatic nitrogens is 1. The number of hydrogen-bond acceptors (Lipinski definition) is 4. The summed E-state index contributed by atoms with van der Waals surface area (Å²) < 4.78 is 5.86. The van der Waals surface area contributed by atoms with Gasteiger partial charge in [-0.05, 0) is 69.0 Å². The standard InChI is InChI=1S/C26H37N3O2/c1-19(2)31-22-12-8-10-20(16-22)17-29-15-9-11-21(18-29)24(23-13-6-7-14-27-23)28-25(30)26(3,4)5/h6-8,10,12-14,16,19,21,24H,9,11,15,17-18H2,1-5H3,(H,28,30)/t21-,24-/m0/s1. The number of rotatable bonds is 7. The van der Waals surface area contributed by atoms with E-state index in [1.807, 2.05) is 65.1 Å². The summed E-state index contributed by atoms with van der Waals surface area (Å²) in [5.41, 5.74) is 1.77. The van der Waals surface area contributed by atoms with Gasteiger partial charge in [-0.25, -0.2) is 0 Å². The molecule has 1 amide bonds. The van der Waals surface area contributed by atoms with Crippen LogP contribution < -0.4 is 10.1 Å². The molecule has 1 saturated heterocycles. The molecule has 3 rings (SSSR count). The molecule has 1 fully saturated rings. The van der Waals surface area contributed by atoms with Crippen LogP contribution in [0.4, 0.5) is 0 Å². The summed E-state index contributed by atoms with van der Waals surface area (Å²) in [5, 5.41) is 3.31. The number of carbonyl (C=O) groups excluding carboxylic acids is 1. The van der Waals surface area contributed by atoms with E-state index in [-0.39, 0.29) is 18.1 Å². The van der Waals surface area contributed by atoms with Crippen molar-refractivity contribution in [2.75, 3.05) is 13.1 Å². The molecular formula is C26H37N3O2. The monoisotopic (exact) mass is 423 g/mol. The third-order valence-corrected chi connectivity index (χ3v) is 5.66. The van der Waals surface area contributed by atoms with Gasteiger partial charge in [-0.1, -0.05) is 39.0 Å². The number of nitrogens with one attached hydrogen (secondary N) is 1. The average molecular weight is 424 g/mol. The van der Waals surface area contributed by atoms with Crippen molar-refractivity contribution in [3.05, 3.63) is 59.9 Å². The second-order valence-electron chi connectivity index (χ2n) is 9.91. The third-order valence-electron chi connectivity index (χ3n) is 5.66. The molecular weight excluding hydrogens is 386 g/mol. The average Bonchev–Trinajstić information content (AvgIpc) is 2.71. The summed E-state index contributed by atoms with van der Waals surface area (Å²) in [6, 6.07) is 14.3. The normalized spacial score (nSPS) is 18.6. The zero-order valence-corrected chi connectivity index (χ0v) is 19.6. The molecule has 2 aromatic rings. The largest absolute Gasteiger partial charge is 0.491 e. The molecule has 2 atom stereocenters. The fourth-order valence-electron chi connectivity index (χ4n) is 4.11. The van der Waals surface area contributed by atoms with Crippen LogP contribution in [0.2, 0.25) is 0 Å². The lowest BCUT2D eigenvalue weighted by molar-refractivity contribution is -0.130. The fraction of sp³-hybridized carbons (Fsp3) is 0.538. The number of carbonyl (C=O) groups is 1. The molecule has 0 radical (unpaired) electrons. The van der Waals surface area contributed by atoms with Crippen molar-refractivity contribution < 1.29 is 9.53 Å². The minimum atomic E-state index is -0.432. The highest BCUT2D eigenvalue weighted by Crippen LogP contribution is 2.31. The number of benzene rings is 1. The number of hydrogen-bond donors (Lipinski definition) is 1. The first kappa shape index (κ1) is 23.3. The number of pyridine rings is 1. The van der Waals surface area contributed by atoms with E-state index in [1.165, 1.54) is 5.56 Å². The summed E-state index contributed by atoms with van der Waals surface area (Å²) in [7, 11) is 0. The van der Waals surface area contributed by atoms with Crippen molar-refractivity contribution in [2.24, 2.45) is 11.3 Å². The van der Waals surface area contributed by atoms with Crippen LogP contribution in [0, 0.1) is 11.3 Å². The van der Waals surface area contributed by atoms with Gasteiger partial charge in [0.15, 0.2) is 0 Å². The van der Waals surface area contributed by atoms with E-state index < -0.39 is 5.41 Å². The maximum Gasteiger partial charge on any atom is 0.225 e. The fourth-order valence-corrected chi connectivity index (χ4v) is 4.11. The van der Waals surface area contributed by atoms with E-state index in [1.54, 1.807) is 0 Å². The van der Waals surface area contributed by atoms with Crippen molar-refractivity contribution in [1.82, 2.24) is 15.2 Å². The third kappa shape index (κ3) is 6.79. The van der Waals surface area contributed by atoms with Crippen molar-refractivity contribution in [3.63, 3.8) is 0 Å². The van der Waals surface area contributed by atoms with E-state index in [9.17, 15) is 4.79 Å². The minimum Gasteiger partial charge on any atom is -0.491 e. The Morgan fingerprint density at radius 3 is 2.71 bits per heavy atom. The smallest absolute Gasteiger partial charge is 0.225 e. The number of ether oxygens (including phenoxy) is 1. The van der Waals surface area contributed by atoms with Gasteiger partial charge in [0.2, 0.25) is 5.91 Å². The van der Waals surface area contributed by atoms with Gasteiger partial charge in [-0.3, -0.25) is 14.7 Å². The van der Waals surface area contributed by atoms with Gasteiger partial charge >= 0.3 is 0 Å². The highest BCUT2D eigenvalue weighted by atomic mass is 16.5. The van der Waals surface area contributed by atoms with E-state index >= 15 is 0 Å². The summed E-state index contributed by atoms with van der Waals surface area (Å²) in [5.74, 6) is 1.31. The van der Waals surface area contributed by atoms with Crippen LogP contribution in [-0.2, 0) is 11.3 Å². The van der Waals surface area contributed by atoms with Gasteiger partial charge in [-0.15, -0.1) is 0 Å². The predicted octanol–water partition coefficient (Wildman–Crippen LogP) is 4.98. The van der Waals surface area contributed by atoms with Crippen LogP contribution in [0.1, 0.15) is 64.8 Å². The Morgan fingerprint density at radius 1 is 1.23 bits per heavy atom. The van der Waals surface area contributed by atoms with Crippen LogP contribution in [0.3, 0.4) is 0 Å². The molecule has 1 N–H and O–H groups in total. The molecule has 0 aliphatic carbocycles. The minimum absolute atomic E-state index is 0.0683. The predicted molar refractivity (Wildman–Crippen MR) is 125 cm³/mol. The zero-order chi connectivity index (χ0) is 22.4. The molecule has 1 aliphatic rings. The SMILES string of the molecule is CC(C)Oc1cccc(CN2CCC[C@H]([C@H](NC(=O)C(C)(C)C)c3ccccn3)C2)c1. The summed E-state index contributed by atoms with van der Waals surface area (Å²) in [6.07, 6.45) is 4.17. The Bertz CT molecular complexity index is 845. The number of likely N-dealkylation sites (tertiary alicyclic amines) is 1. The van der Waals surface area contributed by atoms with Crippen LogP contribution in [0.25, 0.3) is 0 Å². The Labute approximate surface area is 187 Å². The second-order valence-corrected chi connectivity index (χ2v) is 9.91. The molecule has 1 aliphatic heterocycles. The molecule has 0 bridgehead atoms. The lowest BCUT2D eigenvalue weighted by atomic mass is 9.86. The lowest BCUT2D eigenvalue weighted by Crippen LogP contribution is -2.45. The highest BCUT2D eigenvalue weighted by molar-refractivity contribution is 5.81. The zero-order valence-electron chi connectivity index (χ0n) is 19.6. The van der Waals surface area contributed by atoms with Gasteiger partial charge in [0.1, 0.15) is 5.75 Å². The van der Waals surface area contributed by atoms with E-state index in [0.29, 0.717) is 5.92 Å². The number of nitrogens with zero attached hydrogens (tertiary/aromatic N) is 2. The molecule has 168 valence electrons. The van der Waals surface area contributed by atoms with E-state index in [4.69, 9.17) is 4.74 Å². The van der Waals surface area contributed by atoms with Gasteiger partial charge in [-0.2, -0.15) is 0 Å². The molecule has 1 aromatic carbocycles. The Kier molecular flexibility index (Phi) is 7.71. The van der Waals surface area contributed by atoms with Crippen LogP contribution in [0.5, 0.6) is 5.75 Å². The maximum atomic E-state index is 12.8. The molecule has 2 heterocycles. The van der Waals surface area contributed by atoms with Crippen LogP contribution >= 0.6 is 0 Å². The van der Waals surface area contributed by atoms with Crippen molar-refractivity contribution >= 4 is 5.91 Å². The van der Waals surface area contributed by atoms with Gasteiger partial charge < -0.3 is 10.1 Å². The van der Waals surface area contributed by atoms with Crippen LogP contribution in [0.15, 0.2) is 48.7 Å². The summed E-state index contributed by atoms with van der Waals surface area (Å²) >= 11 is 0. The lowest BCUT2D eigenvalue weighted by Gasteiger charge is -2.38. The Hall–Kier alpha value is -2.40. The van der Waals surface area contributed by atoms with Gasteiger partial charge in [0.25, 0.3) is 0 Å². The molecule has 31 heavy (non-hydrogen) atoms. The molecule has 1 aromatic heterocycles. The summed E-state index contributed by atoms with van der Waals surface area (Å²) in [4.78, 5) is 19.9. The van der Waals surface area contributed by atoms with Crippen LogP contribution in [-0.4, -0.2) is 35.0 Å². The molecule has 0 spiro atoms. The first-order valence-electron chi connectivity index (χ1n) is 11.4. The second kappa shape index (κ2) is 10.3. The van der Waals surface area contributed by atoms with E-state index in [2.05, 4.69) is 33.4 Å². The first-order chi connectivity index (χ1) is 14.7. The summed E-state index contributed by atoms with van der Waals surface area (Å²) in [6.45, 7) is 12.8. The topological polar surface area (TPSA) is 54.5 Å². The Morgan fingerprint density at radius 2 is 2.03 bits per heavy atom. The highest BCUT2D eigenvalue weighted by Gasteiger charge is 2.33. The van der Waals surface area contributed by atoms with E-state index in [0.717, 1.165) is 43.9 Å². The van der Waals surface area contributed by atoms with Crippen molar-refractivity contribution in [3.8, 4) is 5.75 Å². The van der Waals surface area contributed by atoms with Gasteiger partial charge in [0, 0.05) is 24.7 Å². The first-order valence-corrected chi connectivity index (χ1v) is 11.4. The molecule has 0 unspecified atom stereocenters. The number of piperidine rings is 1. The van der Waals surface area contributed by atoms with Crippen molar-refractivity contribution in [1.29, 1.82) is 0 Å². The maximum absolute atomic E-state index is 12.8. The molecule has 5 nitrogen and oxygen atoms in total.